The molecule has 0 spiro atoms. The van der Waals surface area contributed by atoms with Crippen molar-refractivity contribution >= 4 is 8.56 Å². The van der Waals surface area contributed by atoms with Crippen LogP contribution in [-0.4, -0.2) is 34.9 Å². The Hall–Kier alpha value is 0.0969. The fraction of sp³-hybridized carbons (Fsp3) is 1.00. The molecule has 0 aliphatic carbocycles. The number of hydrogen-bond donors (Lipinski definition) is 1. The van der Waals surface area contributed by atoms with Gasteiger partial charge < -0.3 is 14.2 Å². The molecule has 0 rings (SSSR count). The molecule has 0 aromatic heterocycles. The van der Waals surface area contributed by atoms with Gasteiger partial charge in [-0.1, -0.05) is 27.2 Å². The first-order valence-corrected chi connectivity index (χ1v) is 9.11. The van der Waals surface area contributed by atoms with Crippen LogP contribution in [0.4, 0.5) is 0 Å². The molecule has 0 saturated carbocycles. The van der Waals surface area contributed by atoms with Crippen molar-refractivity contribution in [2.75, 3.05) is 26.3 Å². The van der Waals surface area contributed by atoms with Crippen molar-refractivity contribution in [1.29, 1.82) is 0 Å². The quantitative estimate of drug-likeness (QED) is 0.670. The predicted molar refractivity (Wildman–Crippen MR) is 74.2 cm³/mol. The molecule has 100 valence electrons. The van der Waals surface area contributed by atoms with E-state index < -0.39 is 8.56 Å². The molecule has 0 aliphatic rings. The lowest BCUT2D eigenvalue weighted by Crippen LogP contribution is -2.38. The number of hydrogen-bond acceptors (Lipinski definition) is 3. The lowest BCUT2D eigenvalue weighted by Gasteiger charge is -2.25. The highest BCUT2D eigenvalue weighted by atomic mass is 28.4. The topological polar surface area (TPSA) is 30.5 Å². The lowest BCUT2D eigenvalue weighted by molar-refractivity contribution is 0.189. The van der Waals surface area contributed by atoms with Gasteiger partial charge in [-0.2, -0.15) is 0 Å². The zero-order chi connectivity index (χ0) is 12.9. The van der Waals surface area contributed by atoms with Gasteiger partial charge >= 0.3 is 8.56 Å². The average Bonchev–Trinajstić information content (AvgIpc) is 2.20. The highest BCUT2D eigenvalue weighted by Crippen LogP contribution is 2.14. The van der Waals surface area contributed by atoms with Crippen LogP contribution in [0.5, 0.6) is 0 Å². The maximum atomic E-state index is 5.63. The second kappa shape index (κ2) is 13.2. The van der Waals surface area contributed by atoms with Gasteiger partial charge in [0.1, 0.15) is 0 Å². The molecule has 0 bridgehead atoms. The van der Waals surface area contributed by atoms with E-state index >= 15 is 0 Å². The third-order valence-corrected chi connectivity index (χ3v) is 5.31. The van der Waals surface area contributed by atoms with Crippen molar-refractivity contribution in [3.05, 3.63) is 0 Å². The van der Waals surface area contributed by atoms with Crippen LogP contribution in [0.1, 0.15) is 41.0 Å². The standard InChI is InChI=1S/C8H20O2Si.C4H11N/c1-5-8-11(4,9-6-2)10-7-3;1-3-5-4-2/h5-8H2,1-4H3;5H,3-4H2,1-2H3. The normalized spacial score (nSPS) is 10.9. The van der Waals surface area contributed by atoms with Crippen molar-refractivity contribution in [2.45, 2.75) is 53.6 Å². The Labute approximate surface area is 103 Å². The van der Waals surface area contributed by atoms with E-state index in [0.717, 1.165) is 38.8 Å². The van der Waals surface area contributed by atoms with E-state index in [1.54, 1.807) is 0 Å². The van der Waals surface area contributed by atoms with E-state index in [1.165, 1.54) is 0 Å². The van der Waals surface area contributed by atoms with E-state index in [1.807, 2.05) is 13.8 Å². The number of nitrogens with one attached hydrogen (secondary N) is 1. The number of rotatable bonds is 8. The van der Waals surface area contributed by atoms with Gasteiger partial charge in [-0.05, 0) is 39.5 Å². The maximum absolute atomic E-state index is 5.63. The summed E-state index contributed by atoms with van der Waals surface area (Å²) in [5.74, 6) is 0. The maximum Gasteiger partial charge on any atom is 0.334 e. The third kappa shape index (κ3) is 12.2. The smallest absolute Gasteiger partial charge is 0.334 e. The molecule has 3 nitrogen and oxygen atoms in total. The summed E-state index contributed by atoms with van der Waals surface area (Å²) in [7, 11) is -1.75. The molecule has 4 heteroatoms. The van der Waals surface area contributed by atoms with Crippen LogP contribution < -0.4 is 5.32 Å². The van der Waals surface area contributed by atoms with Crippen LogP contribution in [-0.2, 0) is 8.85 Å². The monoisotopic (exact) mass is 249 g/mol. The van der Waals surface area contributed by atoms with Gasteiger partial charge in [0, 0.05) is 13.2 Å². The molecule has 0 radical (unpaired) electrons. The molecule has 1 N–H and O–H groups in total. The van der Waals surface area contributed by atoms with Gasteiger partial charge in [0.15, 0.2) is 0 Å². The second-order valence-corrected chi connectivity index (χ2v) is 7.05. The van der Waals surface area contributed by atoms with Gasteiger partial charge in [0.25, 0.3) is 0 Å². The summed E-state index contributed by atoms with van der Waals surface area (Å²) in [6.45, 7) is 16.3. The molecule has 0 aliphatic heterocycles. The lowest BCUT2D eigenvalue weighted by atomic mass is 10.6. The van der Waals surface area contributed by atoms with Crippen molar-refractivity contribution in [2.24, 2.45) is 0 Å². The van der Waals surface area contributed by atoms with Crippen molar-refractivity contribution in [3.8, 4) is 0 Å². The summed E-state index contributed by atoms with van der Waals surface area (Å²) < 4.78 is 11.3. The van der Waals surface area contributed by atoms with Crippen molar-refractivity contribution < 1.29 is 8.85 Å². The van der Waals surface area contributed by atoms with Crippen LogP contribution in [0, 0.1) is 0 Å². The second-order valence-electron chi connectivity index (χ2n) is 3.71. The summed E-state index contributed by atoms with van der Waals surface area (Å²) in [6.07, 6.45) is 1.16. The van der Waals surface area contributed by atoms with Crippen LogP contribution in [0.25, 0.3) is 0 Å². The van der Waals surface area contributed by atoms with Crippen molar-refractivity contribution in [3.63, 3.8) is 0 Å². The predicted octanol–water partition coefficient (Wildman–Crippen LogP) is 3.16. The molecule has 0 saturated heterocycles. The Kier molecular flexibility index (Phi) is 15.2. The molecule has 0 heterocycles. The molecule has 0 amide bonds. The van der Waals surface area contributed by atoms with E-state index in [-0.39, 0.29) is 0 Å². The summed E-state index contributed by atoms with van der Waals surface area (Å²) >= 11 is 0. The van der Waals surface area contributed by atoms with Crippen LogP contribution >= 0.6 is 0 Å². The summed E-state index contributed by atoms with van der Waals surface area (Å²) in [5.41, 5.74) is 0. The molecule has 0 aromatic carbocycles. The minimum atomic E-state index is -1.75. The Morgan fingerprint density at radius 3 is 1.50 bits per heavy atom. The van der Waals surface area contributed by atoms with Crippen LogP contribution in [0.15, 0.2) is 0 Å². The fourth-order valence-corrected chi connectivity index (χ4v) is 4.00. The molecule has 16 heavy (non-hydrogen) atoms. The first-order valence-electron chi connectivity index (χ1n) is 6.58. The first-order chi connectivity index (χ1) is 7.60. The first kappa shape index (κ1) is 18.5. The van der Waals surface area contributed by atoms with Gasteiger partial charge in [-0.15, -0.1) is 0 Å². The highest BCUT2D eigenvalue weighted by molar-refractivity contribution is 6.66. The fourth-order valence-electron chi connectivity index (χ4n) is 1.50. The van der Waals surface area contributed by atoms with Crippen molar-refractivity contribution in [1.82, 2.24) is 5.32 Å². The SMILES string of the molecule is CCC[Si](C)(OCC)OCC.CCNCC. The minimum Gasteiger partial charge on any atom is -0.395 e. The van der Waals surface area contributed by atoms with Gasteiger partial charge in [0.05, 0.1) is 0 Å². The molecule has 0 fully saturated rings. The van der Waals surface area contributed by atoms with Crippen LogP contribution in [0.2, 0.25) is 12.6 Å². The van der Waals surface area contributed by atoms with E-state index in [2.05, 4.69) is 32.6 Å². The van der Waals surface area contributed by atoms with Gasteiger partial charge in [0.2, 0.25) is 0 Å². The van der Waals surface area contributed by atoms with Gasteiger partial charge in [-0.25, -0.2) is 0 Å². The summed E-state index contributed by atoms with van der Waals surface area (Å²) in [4.78, 5) is 0. The van der Waals surface area contributed by atoms with E-state index in [0.29, 0.717) is 0 Å². The Morgan fingerprint density at radius 1 is 0.875 bits per heavy atom. The Morgan fingerprint density at radius 2 is 1.31 bits per heavy atom. The average molecular weight is 249 g/mol. The molecule has 0 atom stereocenters. The third-order valence-electron chi connectivity index (χ3n) is 2.10. The van der Waals surface area contributed by atoms with Crippen LogP contribution in [0.3, 0.4) is 0 Å². The van der Waals surface area contributed by atoms with E-state index in [9.17, 15) is 0 Å². The summed E-state index contributed by atoms with van der Waals surface area (Å²) in [6, 6.07) is 1.11. The molecule has 0 aromatic rings. The zero-order valence-electron chi connectivity index (χ0n) is 12.1. The van der Waals surface area contributed by atoms with Gasteiger partial charge in [-0.3, -0.25) is 0 Å². The van der Waals surface area contributed by atoms with E-state index in [4.69, 9.17) is 8.85 Å². The Bertz CT molecular complexity index is 115. The molecular formula is C12H31NO2Si. The minimum absolute atomic E-state index is 0.780. The molecule has 0 unspecified atom stereocenters. The zero-order valence-corrected chi connectivity index (χ0v) is 13.1. The highest BCUT2D eigenvalue weighted by Gasteiger charge is 2.28. The molecular weight excluding hydrogens is 218 g/mol. The summed E-state index contributed by atoms with van der Waals surface area (Å²) in [5, 5.41) is 3.11. The largest absolute Gasteiger partial charge is 0.395 e. The Balaban J connectivity index is 0.